The van der Waals surface area contributed by atoms with E-state index >= 15 is 0 Å². The van der Waals surface area contributed by atoms with E-state index in [1.807, 2.05) is 37.3 Å². The highest BCUT2D eigenvalue weighted by Gasteiger charge is 2.16. The minimum Gasteiger partial charge on any atom is -0.395 e. The summed E-state index contributed by atoms with van der Waals surface area (Å²) in [5.41, 5.74) is 2.75. The van der Waals surface area contributed by atoms with Crippen molar-refractivity contribution >= 4 is 11.6 Å². The van der Waals surface area contributed by atoms with Gasteiger partial charge in [0.2, 0.25) is 0 Å². The van der Waals surface area contributed by atoms with E-state index in [9.17, 15) is 9.50 Å². The van der Waals surface area contributed by atoms with Crippen LogP contribution in [0.4, 0.5) is 4.39 Å². The zero-order valence-electron chi connectivity index (χ0n) is 15.1. The first-order valence-corrected chi connectivity index (χ1v) is 9.26. The van der Waals surface area contributed by atoms with E-state index in [2.05, 4.69) is 15.5 Å². The summed E-state index contributed by atoms with van der Waals surface area (Å²) in [5.74, 6) is -0.382. The van der Waals surface area contributed by atoms with Gasteiger partial charge in [-0.25, -0.2) is 4.39 Å². The predicted octanol–water partition coefficient (Wildman–Crippen LogP) is 3.65. The van der Waals surface area contributed by atoms with Crippen LogP contribution in [-0.4, -0.2) is 32.7 Å². The van der Waals surface area contributed by atoms with Crippen LogP contribution >= 0.6 is 11.6 Å². The molecule has 0 aliphatic rings. The smallest absolute Gasteiger partial charge is 0.129 e. The lowest BCUT2D eigenvalue weighted by molar-refractivity contribution is 0.238. The molecule has 3 aromatic rings. The van der Waals surface area contributed by atoms with E-state index in [4.69, 9.17) is 11.6 Å². The first-order valence-electron chi connectivity index (χ1n) is 8.89. The van der Waals surface area contributed by atoms with Crippen molar-refractivity contribution in [2.24, 2.45) is 0 Å². The Bertz CT molecular complexity index is 861. The molecule has 0 radical (unpaired) electrons. The quantitative estimate of drug-likeness (QED) is 0.618. The molecular formula is C20H22ClFN4O. The molecule has 1 atom stereocenters. The first-order chi connectivity index (χ1) is 13.1. The van der Waals surface area contributed by atoms with Crippen molar-refractivity contribution in [1.29, 1.82) is 0 Å². The highest BCUT2D eigenvalue weighted by molar-refractivity contribution is 6.31. The topological polar surface area (TPSA) is 63.0 Å². The maximum Gasteiger partial charge on any atom is 0.129 e. The van der Waals surface area contributed by atoms with Gasteiger partial charge in [0.15, 0.2) is 0 Å². The van der Waals surface area contributed by atoms with Crippen LogP contribution in [0.3, 0.4) is 0 Å². The molecule has 7 heteroatoms. The standard InChI is InChI=1S/C20H22ClFN4O/c1-2-15(13-27)23-11-19-20(14-7-4-3-5-8-14)25-26(24-19)12-16-17(21)9-6-10-18(16)22/h3-10,15,23,27H,2,11-13H2,1H3/t15-/m1/s1. The largest absolute Gasteiger partial charge is 0.395 e. The Labute approximate surface area is 162 Å². The summed E-state index contributed by atoms with van der Waals surface area (Å²) in [6.07, 6.45) is 0.802. The Morgan fingerprint density at radius 2 is 1.93 bits per heavy atom. The second-order valence-electron chi connectivity index (χ2n) is 6.26. The van der Waals surface area contributed by atoms with E-state index < -0.39 is 0 Å². The lowest BCUT2D eigenvalue weighted by Crippen LogP contribution is -2.31. The summed E-state index contributed by atoms with van der Waals surface area (Å²) in [4.78, 5) is 1.46. The molecule has 3 rings (SSSR count). The number of aliphatic hydroxyl groups excluding tert-OH is 1. The molecule has 0 aliphatic carbocycles. The fourth-order valence-corrected chi connectivity index (χ4v) is 3.02. The van der Waals surface area contributed by atoms with Crippen LogP contribution < -0.4 is 5.32 Å². The second kappa shape index (κ2) is 9.08. The number of aromatic nitrogens is 3. The van der Waals surface area contributed by atoms with Crippen LogP contribution in [0.1, 0.15) is 24.6 Å². The first kappa shape index (κ1) is 19.5. The Morgan fingerprint density at radius 3 is 2.59 bits per heavy atom. The normalized spacial score (nSPS) is 12.3. The number of rotatable bonds is 8. The maximum absolute atomic E-state index is 14.1. The number of nitrogens with zero attached hydrogens (tertiary/aromatic N) is 3. The van der Waals surface area contributed by atoms with E-state index in [-0.39, 0.29) is 25.0 Å². The van der Waals surface area contributed by atoms with Crippen molar-refractivity contribution in [1.82, 2.24) is 20.3 Å². The Kier molecular flexibility index (Phi) is 6.55. The van der Waals surface area contributed by atoms with E-state index in [1.165, 1.54) is 10.9 Å². The van der Waals surface area contributed by atoms with Gasteiger partial charge in [-0.1, -0.05) is 54.9 Å². The number of halogens is 2. The maximum atomic E-state index is 14.1. The fourth-order valence-electron chi connectivity index (χ4n) is 2.80. The third kappa shape index (κ3) is 4.71. The molecule has 1 heterocycles. The van der Waals surface area contributed by atoms with E-state index in [1.54, 1.807) is 12.1 Å². The van der Waals surface area contributed by atoms with Crippen LogP contribution in [-0.2, 0) is 13.1 Å². The molecule has 0 spiro atoms. The summed E-state index contributed by atoms with van der Waals surface area (Å²) < 4.78 is 14.1. The van der Waals surface area contributed by atoms with Crippen molar-refractivity contribution < 1.29 is 9.50 Å². The molecular weight excluding hydrogens is 367 g/mol. The van der Waals surface area contributed by atoms with Gasteiger partial charge in [0.25, 0.3) is 0 Å². The lowest BCUT2D eigenvalue weighted by Gasteiger charge is -2.12. The van der Waals surface area contributed by atoms with Crippen LogP contribution in [0.25, 0.3) is 11.3 Å². The molecule has 1 aromatic heterocycles. The molecule has 142 valence electrons. The van der Waals surface area contributed by atoms with E-state index in [0.29, 0.717) is 17.1 Å². The van der Waals surface area contributed by atoms with Crippen molar-refractivity contribution in [3.63, 3.8) is 0 Å². The van der Waals surface area contributed by atoms with Crippen molar-refractivity contribution in [2.75, 3.05) is 6.61 Å². The summed E-state index contributed by atoms with van der Waals surface area (Å²) in [6.45, 7) is 2.65. The molecule has 0 unspecified atom stereocenters. The Balaban J connectivity index is 1.92. The third-order valence-corrected chi connectivity index (χ3v) is 4.76. The van der Waals surface area contributed by atoms with Gasteiger partial charge in [-0.15, -0.1) is 0 Å². The molecule has 0 aliphatic heterocycles. The number of hydrogen-bond donors (Lipinski definition) is 2. The highest BCUT2D eigenvalue weighted by Crippen LogP contribution is 2.23. The van der Waals surface area contributed by atoms with Gasteiger partial charge >= 0.3 is 0 Å². The molecule has 5 nitrogen and oxygen atoms in total. The number of nitrogens with one attached hydrogen (secondary N) is 1. The summed E-state index contributed by atoms with van der Waals surface area (Å²) in [7, 11) is 0. The highest BCUT2D eigenvalue weighted by atomic mass is 35.5. The fraction of sp³-hybridized carbons (Fsp3) is 0.300. The van der Waals surface area contributed by atoms with Gasteiger partial charge in [-0.3, -0.25) is 0 Å². The monoisotopic (exact) mass is 388 g/mol. The van der Waals surface area contributed by atoms with Crippen molar-refractivity contribution in [3.8, 4) is 11.3 Å². The van der Waals surface area contributed by atoms with Crippen LogP contribution in [0.5, 0.6) is 0 Å². The van der Waals surface area contributed by atoms with Gasteiger partial charge in [0, 0.05) is 28.7 Å². The minimum absolute atomic E-state index is 0.0141. The van der Waals surface area contributed by atoms with Crippen LogP contribution in [0, 0.1) is 5.82 Å². The van der Waals surface area contributed by atoms with Gasteiger partial charge < -0.3 is 10.4 Å². The molecule has 27 heavy (non-hydrogen) atoms. The summed E-state index contributed by atoms with van der Waals surface area (Å²) in [5, 5.41) is 22.1. The molecule has 2 aromatic carbocycles. The molecule has 2 N–H and O–H groups in total. The zero-order chi connectivity index (χ0) is 19.2. The van der Waals surface area contributed by atoms with E-state index in [0.717, 1.165) is 23.4 Å². The molecule has 0 saturated carbocycles. The number of hydrogen-bond acceptors (Lipinski definition) is 4. The van der Waals surface area contributed by atoms with Gasteiger partial charge in [0.05, 0.1) is 13.2 Å². The Morgan fingerprint density at radius 1 is 1.15 bits per heavy atom. The van der Waals surface area contributed by atoms with Gasteiger partial charge in [-0.05, 0) is 18.6 Å². The van der Waals surface area contributed by atoms with Gasteiger partial charge in [-0.2, -0.15) is 15.0 Å². The van der Waals surface area contributed by atoms with Crippen molar-refractivity contribution in [3.05, 3.63) is 70.6 Å². The average Bonchev–Trinajstić information content (AvgIpc) is 3.09. The Hall–Kier alpha value is -2.28. The van der Waals surface area contributed by atoms with Crippen LogP contribution in [0.15, 0.2) is 48.5 Å². The second-order valence-corrected chi connectivity index (χ2v) is 6.67. The van der Waals surface area contributed by atoms with Gasteiger partial charge in [0.1, 0.15) is 17.2 Å². The molecule has 0 fully saturated rings. The lowest BCUT2D eigenvalue weighted by atomic mass is 10.1. The third-order valence-electron chi connectivity index (χ3n) is 4.40. The summed E-state index contributed by atoms with van der Waals surface area (Å²) in [6, 6.07) is 14.3. The average molecular weight is 389 g/mol. The molecule has 0 bridgehead atoms. The number of benzene rings is 2. The van der Waals surface area contributed by atoms with Crippen LogP contribution in [0.2, 0.25) is 5.02 Å². The van der Waals surface area contributed by atoms with Crippen molar-refractivity contribution in [2.45, 2.75) is 32.5 Å². The molecule has 0 saturated heterocycles. The number of aliphatic hydroxyl groups is 1. The predicted molar refractivity (Wildman–Crippen MR) is 104 cm³/mol. The summed E-state index contributed by atoms with van der Waals surface area (Å²) >= 11 is 6.13. The molecule has 0 amide bonds. The zero-order valence-corrected chi connectivity index (χ0v) is 15.8. The minimum atomic E-state index is -0.382. The SMILES string of the molecule is CC[C@H](CO)NCc1nn(Cc2c(F)cccc2Cl)nc1-c1ccccc1.